The number of halogens is 1. The van der Waals surface area contributed by atoms with Gasteiger partial charge in [-0.2, -0.15) is 4.99 Å². The summed E-state index contributed by atoms with van der Waals surface area (Å²) in [7, 11) is 0. The third-order valence-corrected chi connectivity index (χ3v) is 4.51. The Balaban J connectivity index is 1.96. The summed E-state index contributed by atoms with van der Waals surface area (Å²) in [6.45, 7) is 2.25. The van der Waals surface area contributed by atoms with Crippen LogP contribution >= 0.6 is 12.2 Å². The summed E-state index contributed by atoms with van der Waals surface area (Å²) in [5.74, 6) is 1.11. The second-order valence-corrected chi connectivity index (χ2v) is 5.96. The number of nitrogens with zero attached hydrogens (tertiary/aromatic N) is 1. The summed E-state index contributed by atoms with van der Waals surface area (Å²) in [6, 6.07) is 5.33. The van der Waals surface area contributed by atoms with Crippen LogP contribution in [0.15, 0.2) is 23.2 Å². The van der Waals surface area contributed by atoms with Crippen LogP contribution in [0.5, 0.6) is 0 Å². The fourth-order valence-electron chi connectivity index (χ4n) is 3.19. The van der Waals surface area contributed by atoms with Crippen molar-refractivity contribution in [3.05, 3.63) is 29.6 Å². The molecule has 0 atom stereocenters. The minimum atomic E-state index is -0.284. The van der Waals surface area contributed by atoms with E-state index in [0.29, 0.717) is 11.6 Å². The van der Waals surface area contributed by atoms with E-state index < -0.39 is 0 Å². The second-order valence-electron chi connectivity index (χ2n) is 5.77. The predicted octanol–water partition coefficient (Wildman–Crippen LogP) is 6.02. The molecule has 1 aliphatic rings. The quantitative estimate of drug-likeness (QED) is 0.477. The van der Waals surface area contributed by atoms with E-state index in [2.05, 4.69) is 29.3 Å². The first kappa shape index (κ1) is 15.3. The summed E-state index contributed by atoms with van der Waals surface area (Å²) in [5.41, 5.74) is 1.40. The number of hydrogen-bond donors (Lipinski definition) is 0. The molecule has 0 N–H and O–H groups in total. The van der Waals surface area contributed by atoms with E-state index >= 15 is 0 Å². The Morgan fingerprint density at radius 2 is 2.05 bits per heavy atom. The monoisotopic (exact) mass is 291 g/mol. The summed E-state index contributed by atoms with van der Waals surface area (Å²) in [4.78, 5) is 3.73. The van der Waals surface area contributed by atoms with Crippen molar-refractivity contribution in [3.63, 3.8) is 0 Å². The van der Waals surface area contributed by atoms with E-state index in [4.69, 9.17) is 0 Å². The van der Waals surface area contributed by atoms with Crippen LogP contribution < -0.4 is 0 Å². The smallest absolute Gasteiger partial charge is 0.149 e. The largest absolute Gasteiger partial charge is 0.205 e. The van der Waals surface area contributed by atoms with Crippen LogP contribution in [0, 0.1) is 11.7 Å². The van der Waals surface area contributed by atoms with Crippen LogP contribution in [0.3, 0.4) is 0 Å². The zero-order chi connectivity index (χ0) is 14.4. The van der Waals surface area contributed by atoms with Crippen molar-refractivity contribution in [2.75, 3.05) is 0 Å². The summed E-state index contributed by atoms with van der Waals surface area (Å²) in [5, 5.41) is 2.22. The number of hydrogen-bond acceptors (Lipinski definition) is 2. The SMILES string of the molecule is CCCCC1CCC(c2ccc(N=C=S)c(F)c2)CC1. The molecule has 0 amide bonds. The standard InChI is InChI=1S/C17H22FNS/c1-2-3-4-13-5-7-14(8-6-13)15-9-10-17(19-12-20)16(18)11-15/h9-11,13-14H,2-8H2,1H3. The molecular formula is C17H22FNS. The highest BCUT2D eigenvalue weighted by Crippen LogP contribution is 2.38. The number of rotatable bonds is 5. The fourth-order valence-corrected chi connectivity index (χ4v) is 3.29. The van der Waals surface area contributed by atoms with Gasteiger partial charge < -0.3 is 0 Å². The lowest BCUT2D eigenvalue weighted by atomic mass is 9.77. The molecule has 108 valence electrons. The Hall–Kier alpha value is -1.05. The minimum Gasteiger partial charge on any atom is -0.205 e. The Labute approximate surface area is 126 Å². The van der Waals surface area contributed by atoms with Crippen molar-refractivity contribution in [2.45, 2.75) is 57.8 Å². The van der Waals surface area contributed by atoms with Gasteiger partial charge >= 0.3 is 0 Å². The molecule has 0 unspecified atom stereocenters. The van der Waals surface area contributed by atoms with Crippen molar-refractivity contribution < 1.29 is 4.39 Å². The lowest BCUT2D eigenvalue weighted by Gasteiger charge is -2.28. The van der Waals surface area contributed by atoms with Gasteiger partial charge in [-0.05, 0) is 67.4 Å². The van der Waals surface area contributed by atoms with Gasteiger partial charge in [-0.1, -0.05) is 32.3 Å². The van der Waals surface area contributed by atoms with Gasteiger partial charge in [-0.15, -0.1) is 0 Å². The molecule has 20 heavy (non-hydrogen) atoms. The Morgan fingerprint density at radius 3 is 2.65 bits per heavy atom. The van der Waals surface area contributed by atoms with E-state index in [1.165, 1.54) is 44.9 Å². The maximum atomic E-state index is 13.9. The average Bonchev–Trinajstić information content (AvgIpc) is 2.48. The summed E-state index contributed by atoms with van der Waals surface area (Å²) < 4.78 is 13.9. The number of unbranched alkanes of at least 4 members (excludes halogenated alkanes) is 1. The molecule has 0 aliphatic heterocycles. The van der Waals surface area contributed by atoms with Gasteiger partial charge in [-0.3, -0.25) is 0 Å². The van der Waals surface area contributed by atoms with Gasteiger partial charge in [0, 0.05) is 0 Å². The molecule has 0 saturated heterocycles. The van der Waals surface area contributed by atoms with Crippen LogP contribution in [0.4, 0.5) is 10.1 Å². The van der Waals surface area contributed by atoms with Gasteiger partial charge in [0.1, 0.15) is 11.5 Å². The third-order valence-electron chi connectivity index (χ3n) is 4.42. The molecule has 0 bridgehead atoms. The number of aliphatic imine (C=N–C) groups is 1. The second kappa shape index (κ2) is 7.66. The zero-order valence-corrected chi connectivity index (χ0v) is 12.9. The highest BCUT2D eigenvalue weighted by Gasteiger charge is 2.22. The predicted molar refractivity (Wildman–Crippen MR) is 85.3 cm³/mol. The minimum absolute atomic E-state index is 0.284. The van der Waals surface area contributed by atoms with Crippen LogP contribution in [0.2, 0.25) is 0 Å². The summed E-state index contributed by atoms with van der Waals surface area (Å²) >= 11 is 4.52. The maximum Gasteiger partial charge on any atom is 0.149 e. The van der Waals surface area contributed by atoms with Crippen LogP contribution in [0.25, 0.3) is 0 Å². The van der Waals surface area contributed by atoms with Crippen molar-refractivity contribution in [1.82, 2.24) is 0 Å². The van der Waals surface area contributed by atoms with Crippen molar-refractivity contribution in [3.8, 4) is 0 Å². The Kier molecular flexibility index (Phi) is 5.87. The molecule has 0 aromatic heterocycles. The fraction of sp³-hybridized carbons (Fsp3) is 0.588. The van der Waals surface area contributed by atoms with Gasteiger partial charge in [-0.25, -0.2) is 4.39 Å². The number of isothiocyanates is 1. The molecule has 2 rings (SSSR count). The summed E-state index contributed by atoms with van der Waals surface area (Å²) in [6.07, 6.45) is 8.92. The first-order valence-corrected chi connectivity index (χ1v) is 8.02. The van der Waals surface area contributed by atoms with Gasteiger partial charge in [0.05, 0.1) is 5.16 Å². The topological polar surface area (TPSA) is 12.4 Å². The van der Waals surface area contributed by atoms with Crippen LogP contribution in [0.1, 0.15) is 63.4 Å². The molecule has 0 spiro atoms. The first-order valence-electron chi connectivity index (χ1n) is 7.62. The van der Waals surface area contributed by atoms with Gasteiger partial charge in [0.25, 0.3) is 0 Å². The van der Waals surface area contributed by atoms with Crippen molar-refractivity contribution >= 4 is 23.1 Å². The molecular weight excluding hydrogens is 269 g/mol. The molecule has 0 radical (unpaired) electrons. The van der Waals surface area contributed by atoms with Crippen molar-refractivity contribution in [1.29, 1.82) is 0 Å². The molecule has 0 heterocycles. The van der Waals surface area contributed by atoms with E-state index in [1.54, 1.807) is 12.1 Å². The first-order chi connectivity index (χ1) is 9.74. The molecule has 1 aromatic rings. The third kappa shape index (κ3) is 3.97. The molecule has 1 aromatic carbocycles. The van der Waals surface area contributed by atoms with E-state index in [1.807, 2.05) is 6.07 Å². The highest BCUT2D eigenvalue weighted by atomic mass is 32.1. The molecule has 1 aliphatic carbocycles. The van der Waals surface area contributed by atoms with E-state index in [0.717, 1.165) is 11.5 Å². The van der Waals surface area contributed by atoms with E-state index in [9.17, 15) is 4.39 Å². The maximum absolute atomic E-state index is 13.9. The van der Waals surface area contributed by atoms with Crippen molar-refractivity contribution in [2.24, 2.45) is 10.9 Å². The number of benzene rings is 1. The highest BCUT2D eigenvalue weighted by molar-refractivity contribution is 7.78. The molecule has 3 heteroatoms. The lowest BCUT2D eigenvalue weighted by Crippen LogP contribution is -2.13. The normalized spacial score (nSPS) is 22.3. The number of thiocarbonyl (C=S) groups is 1. The van der Waals surface area contributed by atoms with Crippen LogP contribution in [-0.2, 0) is 0 Å². The van der Waals surface area contributed by atoms with Gasteiger partial charge in [0.15, 0.2) is 0 Å². The van der Waals surface area contributed by atoms with Crippen LogP contribution in [-0.4, -0.2) is 5.16 Å². The lowest BCUT2D eigenvalue weighted by molar-refractivity contribution is 0.304. The molecule has 1 fully saturated rings. The Bertz CT molecular complexity index is 486. The molecule has 1 nitrogen and oxygen atoms in total. The van der Waals surface area contributed by atoms with E-state index in [-0.39, 0.29) is 5.82 Å². The average molecular weight is 291 g/mol. The zero-order valence-electron chi connectivity index (χ0n) is 12.1. The van der Waals surface area contributed by atoms with Gasteiger partial charge in [0.2, 0.25) is 0 Å². The molecule has 1 saturated carbocycles. The Morgan fingerprint density at radius 1 is 1.30 bits per heavy atom.